The minimum atomic E-state index is 0.0592. The van der Waals surface area contributed by atoms with E-state index >= 15 is 0 Å². The summed E-state index contributed by atoms with van der Waals surface area (Å²) in [7, 11) is 0. The molecule has 0 atom stereocenters. The van der Waals surface area contributed by atoms with Crippen molar-refractivity contribution in [1.29, 1.82) is 0 Å². The van der Waals surface area contributed by atoms with Crippen LogP contribution in [0.5, 0.6) is 0 Å². The molecule has 0 radical (unpaired) electrons. The second kappa shape index (κ2) is 6.11. The maximum absolute atomic E-state index is 13.0. The first-order chi connectivity index (χ1) is 12.8. The monoisotopic (exact) mass is 360 g/mol. The summed E-state index contributed by atoms with van der Waals surface area (Å²) < 4.78 is 5.54. The molecule has 0 aliphatic carbocycles. The molecule has 4 aromatic rings. The van der Waals surface area contributed by atoms with Crippen LogP contribution in [0.3, 0.4) is 0 Å². The van der Waals surface area contributed by atoms with Crippen LogP contribution in [-0.4, -0.2) is 22.5 Å². The molecule has 0 bridgehead atoms. The van der Waals surface area contributed by atoms with E-state index in [0.717, 1.165) is 29.4 Å². The van der Waals surface area contributed by atoms with Gasteiger partial charge >= 0.3 is 0 Å². The molecule has 4 nitrogen and oxygen atoms in total. The summed E-state index contributed by atoms with van der Waals surface area (Å²) in [6, 6.07) is 17.6. The Balaban J connectivity index is 1.51. The van der Waals surface area contributed by atoms with Gasteiger partial charge in [0.1, 0.15) is 5.52 Å². The van der Waals surface area contributed by atoms with Gasteiger partial charge in [0.05, 0.1) is 5.39 Å². The molecule has 2 aromatic carbocycles. The van der Waals surface area contributed by atoms with Crippen LogP contribution in [0.25, 0.3) is 22.2 Å². The van der Waals surface area contributed by atoms with Crippen molar-refractivity contribution in [2.45, 2.75) is 13.0 Å². The van der Waals surface area contributed by atoms with Crippen molar-refractivity contribution in [3.8, 4) is 11.3 Å². The van der Waals surface area contributed by atoms with Gasteiger partial charge in [-0.3, -0.25) is 4.79 Å². The highest BCUT2D eigenvalue weighted by molar-refractivity contribution is 7.10. The highest BCUT2D eigenvalue weighted by Crippen LogP contribution is 2.30. The van der Waals surface area contributed by atoms with Crippen LogP contribution in [-0.2, 0) is 13.0 Å². The summed E-state index contributed by atoms with van der Waals surface area (Å²) in [6.07, 6.45) is 0.934. The van der Waals surface area contributed by atoms with Crippen LogP contribution in [0.1, 0.15) is 20.8 Å². The Morgan fingerprint density at radius 3 is 2.88 bits per heavy atom. The number of amides is 1. The lowest BCUT2D eigenvalue weighted by atomic mass is 10.0. The predicted molar refractivity (Wildman–Crippen MR) is 102 cm³/mol. The third kappa shape index (κ3) is 2.52. The Morgan fingerprint density at radius 2 is 2.00 bits per heavy atom. The molecule has 0 N–H and O–H groups in total. The lowest BCUT2D eigenvalue weighted by Gasteiger charge is -2.27. The number of hydrogen-bond donors (Lipinski definition) is 0. The summed E-state index contributed by atoms with van der Waals surface area (Å²) in [5.41, 5.74) is 3.67. The number of hydrogen-bond acceptors (Lipinski definition) is 4. The second-order valence-electron chi connectivity index (χ2n) is 6.46. The zero-order valence-electron chi connectivity index (χ0n) is 14.0. The largest absolute Gasteiger partial charge is 0.355 e. The number of aromatic nitrogens is 1. The molecule has 128 valence electrons. The van der Waals surface area contributed by atoms with Crippen LogP contribution >= 0.6 is 11.3 Å². The van der Waals surface area contributed by atoms with E-state index in [0.29, 0.717) is 17.9 Å². The lowest BCUT2D eigenvalue weighted by molar-refractivity contribution is 0.0736. The number of rotatable bonds is 2. The van der Waals surface area contributed by atoms with E-state index in [1.54, 1.807) is 11.3 Å². The third-order valence-corrected chi connectivity index (χ3v) is 5.88. The number of nitrogens with zero attached hydrogens (tertiary/aromatic N) is 2. The first-order valence-corrected chi connectivity index (χ1v) is 9.47. The Hall–Kier alpha value is -2.92. The SMILES string of the molecule is O=C(c1ccc2noc(-c3ccccc3)c2c1)N1CCc2sccc2C1. The van der Waals surface area contributed by atoms with Gasteiger partial charge in [-0.1, -0.05) is 35.5 Å². The maximum Gasteiger partial charge on any atom is 0.254 e. The highest BCUT2D eigenvalue weighted by Gasteiger charge is 2.23. The molecule has 26 heavy (non-hydrogen) atoms. The second-order valence-corrected chi connectivity index (χ2v) is 7.46. The molecule has 3 heterocycles. The molecule has 0 spiro atoms. The normalized spacial score (nSPS) is 13.8. The number of carbonyl (C=O) groups is 1. The quantitative estimate of drug-likeness (QED) is 0.518. The van der Waals surface area contributed by atoms with Crippen LogP contribution in [0.4, 0.5) is 0 Å². The van der Waals surface area contributed by atoms with Crippen molar-refractivity contribution in [3.63, 3.8) is 0 Å². The van der Waals surface area contributed by atoms with Gasteiger partial charge in [0.25, 0.3) is 5.91 Å². The zero-order chi connectivity index (χ0) is 17.5. The van der Waals surface area contributed by atoms with Crippen molar-refractivity contribution in [3.05, 3.63) is 76.0 Å². The smallest absolute Gasteiger partial charge is 0.254 e. The summed E-state index contributed by atoms with van der Waals surface area (Å²) in [5.74, 6) is 0.762. The van der Waals surface area contributed by atoms with Crippen LogP contribution in [0.2, 0.25) is 0 Å². The third-order valence-electron chi connectivity index (χ3n) is 4.85. The van der Waals surface area contributed by atoms with Gasteiger partial charge in [0, 0.05) is 29.1 Å². The number of thiophene rings is 1. The van der Waals surface area contributed by atoms with Gasteiger partial charge in [0.2, 0.25) is 0 Å². The van der Waals surface area contributed by atoms with Gasteiger partial charge in [-0.05, 0) is 41.6 Å². The molecule has 0 saturated carbocycles. The molecular formula is C21H16N2O2S. The fraction of sp³-hybridized carbons (Fsp3) is 0.143. The fourth-order valence-electron chi connectivity index (χ4n) is 3.48. The highest BCUT2D eigenvalue weighted by atomic mass is 32.1. The Kier molecular flexibility index (Phi) is 3.60. The first-order valence-electron chi connectivity index (χ1n) is 8.59. The Bertz CT molecular complexity index is 1100. The minimum Gasteiger partial charge on any atom is -0.355 e. The number of benzene rings is 2. The molecule has 0 fully saturated rings. The van der Waals surface area contributed by atoms with E-state index in [1.807, 2.05) is 53.4 Å². The predicted octanol–water partition coefficient (Wildman–Crippen LogP) is 4.75. The van der Waals surface area contributed by atoms with Crippen molar-refractivity contribution < 1.29 is 9.32 Å². The van der Waals surface area contributed by atoms with Crippen molar-refractivity contribution >= 4 is 28.1 Å². The summed E-state index contributed by atoms with van der Waals surface area (Å²) in [4.78, 5) is 16.3. The van der Waals surface area contributed by atoms with Crippen LogP contribution < -0.4 is 0 Å². The van der Waals surface area contributed by atoms with Crippen LogP contribution in [0.15, 0.2) is 64.5 Å². The van der Waals surface area contributed by atoms with E-state index in [9.17, 15) is 4.79 Å². The van der Waals surface area contributed by atoms with E-state index in [4.69, 9.17) is 4.52 Å². The van der Waals surface area contributed by atoms with Gasteiger partial charge in [-0.2, -0.15) is 0 Å². The van der Waals surface area contributed by atoms with Crippen molar-refractivity contribution in [2.75, 3.05) is 6.54 Å². The first kappa shape index (κ1) is 15.3. The molecule has 5 rings (SSSR count). The van der Waals surface area contributed by atoms with E-state index < -0.39 is 0 Å². The van der Waals surface area contributed by atoms with Crippen molar-refractivity contribution in [1.82, 2.24) is 10.1 Å². The summed E-state index contributed by atoms with van der Waals surface area (Å²) >= 11 is 1.78. The summed E-state index contributed by atoms with van der Waals surface area (Å²) in [6.45, 7) is 1.45. The van der Waals surface area contributed by atoms with E-state index in [1.165, 1.54) is 10.4 Å². The lowest BCUT2D eigenvalue weighted by Crippen LogP contribution is -2.35. The summed E-state index contributed by atoms with van der Waals surface area (Å²) in [5, 5.41) is 7.11. The molecule has 0 saturated heterocycles. The number of fused-ring (bicyclic) bond motifs is 2. The standard InChI is InChI=1S/C21H16N2O2S/c24-21(23-10-8-19-16(13-23)9-11-26-19)15-6-7-18-17(12-15)20(25-22-18)14-4-2-1-3-5-14/h1-7,9,11-12H,8,10,13H2. The fourth-order valence-corrected chi connectivity index (χ4v) is 4.37. The van der Waals surface area contributed by atoms with Gasteiger partial charge in [-0.15, -0.1) is 11.3 Å². The van der Waals surface area contributed by atoms with Gasteiger partial charge < -0.3 is 9.42 Å². The molecule has 2 aromatic heterocycles. The Morgan fingerprint density at radius 1 is 1.12 bits per heavy atom. The average Bonchev–Trinajstić information content (AvgIpc) is 3.33. The topological polar surface area (TPSA) is 46.3 Å². The maximum atomic E-state index is 13.0. The zero-order valence-corrected chi connectivity index (χ0v) is 14.8. The molecule has 0 unspecified atom stereocenters. The van der Waals surface area contributed by atoms with Gasteiger partial charge in [0.15, 0.2) is 5.76 Å². The molecular weight excluding hydrogens is 344 g/mol. The van der Waals surface area contributed by atoms with E-state index in [-0.39, 0.29) is 5.91 Å². The molecule has 1 aliphatic rings. The van der Waals surface area contributed by atoms with E-state index in [2.05, 4.69) is 16.6 Å². The minimum absolute atomic E-state index is 0.0592. The molecule has 5 heteroatoms. The molecule has 1 aliphatic heterocycles. The van der Waals surface area contributed by atoms with Crippen molar-refractivity contribution in [2.24, 2.45) is 0 Å². The number of carbonyl (C=O) groups excluding carboxylic acids is 1. The van der Waals surface area contributed by atoms with Crippen LogP contribution in [0, 0.1) is 0 Å². The average molecular weight is 360 g/mol. The van der Waals surface area contributed by atoms with Gasteiger partial charge in [-0.25, -0.2) is 0 Å². The molecule has 1 amide bonds. The Labute approximate surface area is 154 Å².